The molecule has 0 atom stereocenters. The molecule has 0 saturated carbocycles. The van der Waals surface area contributed by atoms with Gasteiger partial charge in [0, 0.05) is 28.0 Å². The third-order valence-corrected chi connectivity index (χ3v) is 3.56. The number of carbonyl (C=O) groups is 1. The molecular formula is C16H12BrN5O. The molecular weight excluding hydrogens is 358 g/mol. The average Bonchev–Trinajstić information content (AvgIpc) is 3.06. The van der Waals surface area contributed by atoms with Gasteiger partial charge in [0.25, 0.3) is 5.91 Å². The standard InChI is InChI=1S/C16H12BrN5O/c17-13-5-3-12(4-6-13)14-8-15(21-20-14)16(23)22-19-10-11-2-1-7-18-9-11/h1-10H,(H,20,21)(H,22,23)/b19-10+. The first-order chi connectivity index (χ1) is 11.2. The van der Waals surface area contributed by atoms with Gasteiger partial charge in [-0.05, 0) is 24.3 Å². The normalized spacial score (nSPS) is 10.8. The molecule has 0 saturated heterocycles. The fraction of sp³-hybridized carbons (Fsp3) is 0. The highest BCUT2D eigenvalue weighted by Crippen LogP contribution is 2.20. The van der Waals surface area contributed by atoms with Crippen LogP contribution in [0.5, 0.6) is 0 Å². The predicted octanol–water partition coefficient (Wildman–Crippen LogP) is 3.00. The summed E-state index contributed by atoms with van der Waals surface area (Å²) < 4.78 is 0.986. The molecule has 7 heteroatoms. The molecule has 2 heterocycles. The summed E-state index contributed by atoms with van der Waals surface area (Å²) >= 11 is 3.38. The molecule has 0 bridgehead atoms. The maximum Gasteiger partial charge on any atom is 0.289 e. The van der Waals surface area contributed by atoms with Crippen LogP contribution in [0.2, 0.25) is 0 Å². The van der Waals surface area contributed by atoms with Crippen LogP contribution in [0.4, 0.5) is 0 Å². The minimum absolute atomic E-state index is 0.339. The summed E-state index contributed by atoms with van der Waals surface area (Å²) in [7, 11) is 0. The molecule has 23 heavy (non-hydrogen) atoms. The van der Waals surface area contributed by atoms with Gasteiger partial charge in [-0.15, -0.1) is 0 Å². The lowest BCUT2D eigenvalue weighted by molar-refractivity contribution is 0.0950. The molecule has 114 valence electrons. The molecule has 0 spiro atoms. The molecule has 3 rings (SSSR count). The number of aromatic nitrogens is 3. The minimum atomic E-state index is -0.360. The van der Waals surface area contributed by atoms with Crippen LogP contribution in [0, 0.1) is 0 Å². The first-order valence-electron chi connectivity index (χ1n) is 6.77. The van der Waals surface area contributed by atoms with Crippen LogP contribution in [-0.4, -0.2) is 27.3 Å². The minimum Gasteiger partial charge on any atom is -0.272 e. The monoisotopic (exact) mass is 369 g/mol. The Hall–Kier alpha value is -2.80. The summed E-state index contributed by atoms with van der Waals surface area (Å²) in [5.41, 5.74) is 5.20. The summed E-state index contributed by atoms with van der Waals surface area (Å²) in [6.07, 6.45) is 4.85. The van der Waals surface area contributed by atoms with Crippen LogP contribution >= 0.6 is 15.9 Å². The summed E-state index contributed by atoms with van der Waals surface area (Å²) in [6, 6.07) is 13.0. The Morgan fingerprint density at radius 1 is 1.26 bits per heavy atom. The van der Waals surface area contributed by atoms with Gasteiger partial charge in [0.1, 0.15) is 5.69 Å². The van der Waals surface area contributed by atoms with Crippen molar-refractivity contribution in [2.45, 2.75) is 0 Å². The van der Waals surface area contributed by atoms with Crippen molar-refractivity contribution in [1.29, 1.82) is 0 Å². The van der Waals surface area contributed by atoms with E-state index in [9.17, 15) is 4.79 Å². The van der Waals surface area contributed by atoms with Gasteiger partial charge >= 0.3 is 0 Å². The molecule has 0 unspecified atom stereocenters. The fourth-order valence-corrected chi connectivity index (χ4v) is 2.15. The highest BCUT2D eigenvalue weighted by Gasteiger charge is 2.10. The quantitative estimate of drug-likeness (QED) is 0.547. The molecule has 2 aromatic heterocycles. The number of hydrazone groups is 1. The van der Waals surface area contributed by atoms with E-state index in [1.165, 1.54) is 6.21 Å². The van der Waals surface area contributed by atoms with Crippen LogP contribution in [0.1, 0.15) is 16.1 Å². The zero-order chi connectivity index (χ0) is 16.1. The molecule has 0 aliphatic heterocycles. The second-order valence-electron chi connectivity index (χ2n) is 4.66. The fourth-order valence-electron chi connectivity index (χ4n) is 1.88. The highest BCUT2D eigenvalue weighted by molar-refractivity contribution is 9.10. The van der Waals surface area contributed by atoms with Gasteiger partial charge < -0.3 is 0 Å². The van der Waals surface area contributed by atoms with Crippen molar-refractivity contribution in [1.82, 2.24) is 20.6 Å². The lowest BCUT2D eigenvalue weighted by atomic mass is 10.1. The van der Waals surface area contributed by atoms with E-state index in [0.29, 0.717) is 11.4 Å². The zero-order valence-corrected chi connectivity index (χ0v) is 13.5. The number of amides is 1. The van der Waals surface area contributed by atoms with Crippen molar-refractivity contribution < 1.29 is 4.79 Å². The average molecular weight is 370 g/mol. The van der Waals surface area contributed by atoms with Gasteiger partial charge in [0.05, 0.1) is 11.9 Å². The number of nitrogens with one attached hydrogen (secondary N) is 2. The summed E-state index contributed by atoms with van der Waals surface area (Å²) in [6.45, 7) is 0. The van der Waals surface area contributed by atoms with Gasteiger partial charge in [-0.25, -0.2) is 5.43 Å². The van der Waals surface area contributed by atoms with E-state index in [1.54, 1.807) is 24.5 Å². The first kappa shape index (κ1) is 15.1. The van der Waals surface area contributed by atoms with Crippen molar-refractivity contribution in [2.75, 3.05) is 0 Å². The molecule has 0 radical (unpaired) electrons. The Balaban J connectivity index is 1.67. The van der Waals surface area contributed by atoms with E-state index in [-0.39, 0.29) is 5.91 Å². The van der Waals surface area contributed by atoms with E-state index in [4.69, 9.17) is 0 Å². The van der Waals surface area contributed by atoms with E-state index < -0.39 is 0 Å². The Bertz CT molecular complexity index is 827. The number of nitrogens with zero attached hydrogens (tertiary/aromatic N) is 3. The Kier molecular flexibility index (Phi) is 4.58. The molecule has 6 nitrogen and oxygen atoms in total. The van der Waals surface area contributed by atoms with Crippen molar-refractivity contribution in [3.63, 3.8) is 0 Å². The zero-order valence-electron chi connectivity index (χ0n) is 11.9. The van der Waals surface area contributed by atoms with Crippen LogP contribution in [-0.2, 0) is 0 Å². The Morgan fingerprint density at radius 3 is 2.83 bits per heavy atom. The second kappa shape index (κ2) is 6.97. The second-order valence-corrected chi connectivity index (χ2v) is 5.57. The van der Waals surface area contributed by atoms with E-state index in [0.717, 1.165) is 15.6 Å². The Morgan fingerprint density at radius 2 is 2.09 bits per heavy atom. The van der Waals surface area contributed by atoms with Gasteiger partial charge in [0.15, 0.2) is 0 Å². The SMILES string of the molecule is O=C(N/N=C/c1cccnc1)c1cc(-c2ccc(Br)cc2)n[nH]1. The summed E-state index contributed by atoms with van der Waals surface area (Å²) in [5, 5.41) is 10.7. The van der Waals surface area contributed by atoms with Crippen molar-refractivity contribution in [3.05, 3.63) is 70.6 Å². The molecule has 0 aliphatic carbocycles. The van der Waals surface area contributed by atoms with Crippen molar-refractivity contribution in [3.8, 4) is 11.3 Å². The third kappa shape index (κ3) is 3.89. The van der Waals surface area contributed by atoms with Crippen molar-refractivity contribution in [2.24, 2.45) is 5.10 Å². The Labute approximate surface area is 140 Å². The number of benzene rings is 1. The van der Waals surface area contributed by atoms with Crippen LogP contribution in [0.3, 0.4) is 0 Å². The lowest BCUT2D eigenvalue weighted by Gasteiger charge is -1.96. The molecule has 0 aliphatic rings. The summed E-state index contributed by atoms with van der Waals surface area (Å²) in [5.74, 6) is -0.360. The first-order valence-corrected chi connectivity index (χ1v) is 7.56. The number of H-pyrrole nitrogens is 1. The summed E-state index contributed by atoms with van der Waals surface area (Å²) in [4.78, 5) is 16.0. The number of pyridine rings is 1. The molecule has 1 aromatic carbocycles. The maximum absolute atomic E-state index is 12.0. The van der Waals surface area contributed by atoms with E-state index in [2.05, 4.69) is 41.6 Å². The van der Waals surface area contributed by atoms with Crippen LogP contribution < -0.4 is 5.43 Å². The lowest BCUT2D eigenvalue weighted by Crippen LogP contribution is -2.18. The van der Waals surface area contributed by atoms with Crippen LogP contribution in [0.25, 0.3) is 11.3 Å². The number of carbonyl (C=O) groups excluding carboxylic acids is 1. The topological polar surface area (TPSA) is 83.0 Å². The van der Waals surface area contributed by atoms with E-state index in [1.807, 2.05) is 30.3 Å². The molecule has 2 N–H and O–H groups in total. The van der Waals surface area contributed by atoms with Crippen LogP contribution in [0.15, 0.2) is 64.4 Å². The van der Waals surface area contributed by atoms with Gasteiger partial charge in [0.2, 0.25) is 0 Å². The van der Waals surface area contributed by atoms with Gasteiger partial charge in [-0.1, -0.05) is 34.1 Å². The number of hydrogen-bond acceptors (Lipinski definition) is 4. The number of hydrogen-bond donors (Lipinski definition) is 2. The maximum atomic E-state index is 12.0. The smallest absolute Gasteiger partial charge is 0.272 e. The largest absolute Gasteiger partial charge is 0.289 e. The molecule has 3 aromatic rings. The number of aromatic amines is 1. The van der Waals surface area contributed by atoms with Crippen molar-refractivity contribution >= 4 is 28.1 Å². The van der Waals surface area contributed by atoms with Gasteiger partial charge in [-0.2, -0.15) is 10.2 Å². The van der Waals surface area contributed by atoms with E-state index >= 15 is 0 Å². The molecule has 1 amide bonds. The predicted molar refractivity (Wildman–Crippen MR) is 91.0 cm³/mol. The number of rotatable bonds is 4. The third-order valence-electron chi connectivity index (χ3n) is 3.03. The van der Waals surface area contributed by atoms with Gasteiger partial charge in [-0.3, -0.25) is 14.9 Å². The number of halogens is 1. The highest BCUT2D eigenvalue weighted by atomic mass is 79.9. The molecule has 0 fully saturated rings.